The molecule has 96 valence electrons. The van der Waals surface area contributed by atoms with Crippen LogP contribution < -0.4 is 5.32 Å². The molecule has 5 heteroatoms. The minimum Gasteiger partial charge on any atom is -0.310 e. The van der Waals surface area contributed by atoms with Crippen molar-refractivity contribution in [2.45, 2.75) is 40.3 Å². The molecular formula is C13H19N5. The summed E-state index contributed by atoms with van der Waals surface area (Å²) in [5.74, 6) is 0.816. The molecule has 0 aliphatic carbocycles. The zero-order chi connectivity index (χ0) is 13.1. The third-order valence-corrected chi connectivity index (χ3v) is 2.82. The van der Waals surface area contributed by atoms with E-state index in [1.165, 1.54) is 5.56 Å². The smallest absolute Gasteiger partial charge is 0.157 e. The highest BCUT2D eigenvalue weighted by atomic mass is 15.3. The quantitative estimate of drug-likeness (QED) is 0.892. The molecule has 0 unspecified atom stereocenters. The summed E-state index contributed by atoms with van der Waals surface area (Å²) in [6, 6.07) is 2.40. The summed E-state index contributed by atoms with van der Waals surface area (Å²) < 4.78 is 1.85. The second kappa shape index (κ2) is 5.27. The van der Waals surface area contributed by atoms with Gasteiger partial charge in [0.25, 0.3) is 0 Å². The molecule has 0 aliphatic heterocycles. The van der Waals surface area contributed by atoms with E-state index in [4.69, 9.17) is 0 Å². The van der Waals surface area contributed by atoms with Gasteiger partial charge < -0.3 is 5.32 Å². The van der Waals surface area contributed by atoms with Gasteiger partial charge in [0.1, 0.15) is 6.33 Å². The molecule has 0 bridgehead atoms. The molecule has 2 heterocycles. The average molecular weight is 245 g/mol. The van der Waals surface area contributed by atoms with Crippen LogP contribution in [0, 0.1) is 13.8 Å². The fourth-order valence-corrected chi connectivity index (χ4v) is 1.72. The third-order valence-electron chi connectivity index (χ3n) is 2.82. The van der Waals surface area contributed by atoms with Gasteiger partial charge in [0.15, 0.2) is 5.82 Å². The summed E-state index contributed by atoms with van der Waals surface area (Å²) in [6.45, 7) is 9.10. The Morgan fingerprint density at radius 3 is 2.72 bits per heavy atom. The lowest BCUT2D eigenvalue weighted by Crippen LogP contribution is -2.22. The predicted octanol–water partition coefficient (Wildman–Crippen LogP) is 1.78. The first kappa shape index (κ1) is 12.7. The van der Waals surface area contributed by atoms with Gasteiger partial charge in [0.2, 0.25) is 0 Å². The maximum Gasteiger partial charge on any atom is 0.157 e. The summed E-state index contributed by atoms with van der Waals surface area (Å²) in [4.78, 5) is 8.34. The molecule has 0 aromatic carbocycles. The third kappa shape index (κ3) is 2.73. The Balaban J connectivity index is 2.25. The lowest BCUT2D eigenvalue weighted by atomic mass is 10.2. The fourth-order valence-electron chi connectivity index (χ4n) is 1.72. The molecule has 5 nitrogen and oxygen atoms in total. The summed E-state index contributed by atoms with van der Waals surface area (Å²) in [7, 11) is 0. The van der Waals surface area contributed by atoms with E-state index in [0.29, 0.717) is 6.04 Å². The van der Waals surface area contributed by atoms with E-state index in [-0.39, 0.29) is 0 Å². The van der Waals surface area contributed by atoms with Gasteiger partial charge in [-0.25, -0.2) is 14.6 Å². The molecule has 1 N–H and O–H groups in total. The van der Waals surface area contributed by atoms with Gasteiger partial charge >= 0.3 is 0 Å². The van der Waals surface area contributed by atoms with Crippen LogP contribution in [-0.4, -0.2) is 25.8 Å². The highest BCUT2D eigenvalue weighted by molar-refractivity contribution is 5.28. The number of nitrogens with zero attached hydrogens (tertiary/aromatic N) is 4. The van der Waals surface area contributed by atoms with Crippen molar-refractivity contribution in [3.05, 3.63) is 35.5 Å². The first-order chi connectivity index (χ1) is 8.58. The Morgan fingerprint density at radius 2 is 2.06 bits per heavy atom. The molecule has 0 radical (unpaired) electrons. The van der Waals surface area contributed by atoms with E-state index in [1.807, 2.05) is 23.9 Å². The molecule has 0 amide bonds. The van der Waals surface area contributed by atoms with Crippen LogP contribution in [-0.2, 0) is 6.54 Å². The first-order valence-electron chi connectivity index (χ1n) is 6.14. The van der Waals surface area contributed by atoms with Crippen LogP contribution in [0.2, 0.25) is 0 Å². The predicted molar refractivity (Wildman–Crippen MR) is 70.6 cm³/mol. The summed E-state index contributed by atoms with van der Waals surface area (Å²) in [5, 5.41) is 7.78. The molecule has 2 aromatic heterocycles. The van der Waals surface area contributed by atoms with Gasteiger partial charge in [-0.05, 0) is 13.8 Å². The number of aryl methyl sites for hydroxylation is 1. The Hall–Kier alpha value is -1.75. The highest BCUT2D eigenvalue weighted by Gasteiger charge is 2.09. The normalized spacial score (nSPS) is 11.2. The SMILES string of the molecule is Cc1cc(-n2ncc(CNC(C)C)c2C)ncn1. The average Bonchev–Trinajstić information content (AvgIpc) is 2.68. The Morgan fingerprint density at radius 1 is 1.28 bits per heavy atom. The van der Waals surface area contributed by atoms with E-state index >= 15 is 0 Å². The molecule has 2 rings (SSSR count). The molecule has 0 saturated carbocycles. The minimum absolute atomic E-state index is 0.467. The number of aromatic nitrogens is 4. The van der Waals surface area contributed by atoms with Gasteiger partial charge in [-0.15, -0.1) is 0 Å². The topological polar surface area (TPSA) is 55.6 Å². The van der Waals surface area contributed by atoms with Crippen molar-refractivity contribution < 1.29 is 0 Å². The second-order valence-corrected chi connectivity index (χ2v) is 4.72. The van der Waals surface area contributed by atoms with Crippen molar-refractivity contribution in [2.75, 3.05) is 0 Å². The molecule has 2 aromatic rings. The Kier molecular flexibility index (Phi) is 3.72. The van der Waals surface area contributed by atoms with Gasteiger partial charge in [-0.2, -0.15) is 5.10 Å². The molecule has 0 fully saturated rings. The van der Waals surface area contributed by atoms with Crippen molar-refractivity contribution in [3.8, 4) is 5.82 Å². The van der Waals surface area contributed by atoms with Crippen LogP contribution >= 0.6 is 0 Å². The van der Waals surface area contributed by atoms with Gasteiger partial charge in [0.05, 0.1) is 6.20 Å². The van der Waals surface area contributed by atoms with Crippen LogP contribution in [0.1, 0.15) is 30.8 Å². The van der Waals surface area contributed by atoms with Crippen LogP contribution in [0.5, 0.6) is 0 Å². The molecule has 0 aliphatic rings. The van der Waals surface area contributed by atoms with Crippen molar-refractivity contribution in [1.29, 1.82) is 0 Å². The summed E-state index contributed by atoms with van der Waals surface area (Å²) in [5.41, 5.74) is 3.25. The molecule has 0 atom stereocenters. The van der Waals surface area contributed by atoms with Crippen LogP contribution in [0.15, 0.2) is 18.6 Å². The maximum atomic E-state index is 4.39. The Bertz CT molecular complexity index is 530. The van der Waals surface area contributed by atoms with Crippen LogP contribution in [0.3, 0.4) is 0 Å². The van der Waals surface area contributed by atoms with Crippen LogP contribution in [0.4, 0.5) is 0 Å². The molecule has 0 spiro atoms. The van der Waals surface area contributed by atoms with Crippen molar-refractivity contribution in [1.82, 2.24) is 25.1 Å². The van der Waals surface area contributed by atoms with Gasteiger partial charge in [0, 0.05) is 35.6 Å². The Labute approximate surface area is 107 Å². The van der Waals surface area contributed by atoms with E-state index < -0.39 is 0 Å². The fraction of sp³-hybridized carbons (Fsp3) is 0.462. The second-order valence-electron chi connectivity index (χ2n) is 4.72. The maximum absolute atomic E-state index is 4.39. The standard InChI is InChI=1S/C13H19N5/c1-9(2)14-6-12-7-17-18(11(12)4)13-5-10(3)15-8-16-13/h5,7-9,14H,6H2,1-4H3. The van der Waals surface area contributed by atoms with Crippen LogP contribution in [0.25, 0.3) is 5.82 Å². The molecule has 0 saturated heterocycles. The lowest BCUT2D eigenvalue weighted by Gasteiger charge is -2.08. The van der Waals surface area contributed by atoms with E-state index in [9.17, 15) is 0 Å². The van der Waals surface area contributed by atoms with Gasteiger partial charge in [-0.3, -0.25) is 0 Å². The first-order valence-corrected chi connectivity index (χ1v) is 6.14. The van der Waals surface area contributed by atoms with E-state index in [2.05, 4.69) is 41.2 Å². The van der Waals surface area contributed by atoms with E-state index in [1.54, 1.807) is 6.33 Å². The number of hydrogen-bond acceptors (Lipinski definition) is 4. The van der Waals surface area contributed by atoms with Crippen molar-refractivity contribution >= 4 is 0 Å². The number of hydrogen-bond donors (Lipinski definition) is 1. The minimum atomic E-state index is 0.467. The highest BCUT2D eigenvalue weighted by Crippen LogP contribution is 2.12. The molecular weight excluding hydrogens is 226 g/mol. The van der Waals surface area contributed by atoms with Crippen molar-refractivity contribution in [2.24, 2.45) is 0 Å². The molecule has 18 heavy (non-hydrogen) atoms. The summed E-state index contributed by atoms with van der Waals surface area (Å²) in [6.07, 6.45) is 3.46. The number of rotatable bonds is 4. The zero-order valence-electron chi connectivity index (χ0n) is 11.3. The van der Waals surface area contributed by atoms with Crippen molar-refractivity contribution in [3.63, 3.8) is 0 Å². The van der Waals surface area contributed by atoms with E-state index in [0.717, 1.165) is 23.8 Å². The summed E-state index contributed by atoms with van der Waals surface area (Å²) >= 11 is 0. The zero-order valence-corrected chi connectivity index (χ0v) is 11.3. The lowest BCUT2D eigenvalue weighted by molar-refractivity contribution is 0.587. The largest absolute Gasteiger partial charge is 0.310 e. The number of nitrogens with one attached hydrogen (secondary N) is 1. The van der Waals surface area contributed by atoms with Gasteiger partial charge in [-0.1, -0.05) is 13.8 Å². The monoisotopic (exact) mass is 245 g/mol.